The van der Waals surface area contributed by atoms with Crippen LogP contribution in [0.4, 0.5) is 0 Å². The minimum atomic E-state index is -1.20. The highest BCUT2D eigenvalue weighted by molar-refractivity contribution is 5.84. The zero-order valence-corrected chi connectivity index (χ0v) is 11.8. The number of nitrogens with one attached hydrogen (secondary N) is 1. The Morgan fingerprint density at radius 2 is 1.48 bits per heavy atom. The van der Waals surface area contributed by atoms with Crippen LogP contribution in [0.25, 0.3) is 0 Å². The molecule has 0 aromatic carbocycles. The van der Waals surface area contributed by atoms with Crippen LogP contribution >= 0.6 is 0 Å². The molecule has 0 heterocycles. The molecule has 0 aromatic rings. The highest BCUT2D eigenvalue weighted by Gasteiger charge is 2.20. The van der Waals surface area contributed by atoms with Crippen molar-refractivity contribution in [2.75, 3.05) is 0 Å². The first kappa shape index (κ1) is 18.9. The van der Waals surface area contributed by atoms with Crippen LogP contribution in [0.3, 0.4) is 0 Å². The summed E-state index contributed by atoms with van der Waals surface area (Å²) in [6, 6.07) is -1.11. The normalized spacial score (nSPS) is 11.6. The molecule has 0 bridgehead atoms. The lowest BCUT2D eigenvalue weighted by atomic mass is 10.1. The second kappa shape index (κ2) is 10.6. The molecule has 0 spiro atoms. The van der Waals surface area contributed by atoms with Crippen LogP contribution in [0.5, 0.6) is 0 Å². The standard InChI is InChI=1S/C13H22N2O6/c14-10(16)8-7-9(13(20)21)15-11(17)5-3-1-2-4-6-12(18)19/h9H,1-8H2,(H2,14,16)(H,15,17)(H,18,19)(H,20,21). The van der Waals surface area contributed by atoms with Gasteiger partial charge in [0.25, 0.3) is 0 Å². The van der Waals surface area contributed by atoms with Crippen LogP contribution < -0.4 is 11.1 Å². The van der Waals surface area contributed by atoms with E-state index in [1.165, 1.54) is 0 Å². The summed E-state index contributed by atoms with van der Waals surface area (Å²) in [6.07, 6.45) is 2.69. The zero-order chi connectivity index (χ0) is 16.3. The predicted molar refractivity (Wildman–Crippen MR) is 73.3 cm³/mol. The van der Waals surface area contributed by atoms with E-state index in [2.05, 4.69) is 5.32 Å². The molecule has 8 nitrogen and oxygen atoms in total. The maximum absolute atomic E-state index is 11.6. The van der Waals surface area contributed by atoms with E-state index < -0.39 is 29.8 Å². The number of carbonyl (C=O) groups is 4. The molecule has 0 aromatic heterocycles. The predicted octanol–water partition coefficient (Wildman–Crippen LogP) is 0.247. The van der Waals surface area contributed by atoms with Crippen molar-refractivity contribution in [3.05, 3.63) is 0 Å². The van der Waals surface area contributed by atoms with Crippen molar-refractivity contribution in [1.29, 1.82) is 0 Å². The van der Waals surface area contributed by atoms with Gasteiger partial charge in [-0.05, 0) is 19.3 Å². The second-order valence-corrected chi connectivity index (χ2v) is 4.77. The number of carbonyl (C=O) groups excluding carboxylic acids is 2. The van der Waals surface area contributed by atoms with Crippen molar-refractivity contribution in [3.8, 4) is 0 Å². The fourth-order valence-electron chi connectivity index (χ4n) is 1.73. The van der Waals surface area contributed by atoms with E-state index in [0.717, 1.165) is 0 Å². The Kier molecular flexibility index (Phi) is 9.57. The SMILES string of the molecule is NC(=O)CCC(NC(=O)CCCCCCC(=O)O)C(=O)O. The molecular weight excluding hydrogens is 280 g/mol. The monoisotopic (exact) mass is 302 g/mol. The highest BCUT2D eigenvalue weighted by atomic mass is 16.4. The fourth-order valence-corrected chi connectivity index (χ4v) is 1.73. The first-order chi connectivity index (χ1) is 9.82. The van der Waals surface area contributed by atoms with Gasteiger partial charge < -0.3 is 21.3 Å². The number of unbranched alkanes of at least 4 members (excludes halogenated alkanes) is 3. The summed E-state index contributed by atoms with van der Waals surface area (Å²) in [5, 5.41) is 19.7. The van der Waals surface area contributed by atoms with Gasteiger partial charge in [0, 0.05) is 19.3 Å². The van der Waals surface area contributed by atoms with Gasteiger partial charge in [-0.3, -0.25) is 14.4 Å². The Balaban J connectivity index is 3.85. The summed E-state index contributed by atoms with van der Waals surface area (Å²) in [4.78, 5) is 43.4. The molecule has 1 unspecified atom stereocenters. The van der Waals surface area contributed by atoms with E-state index in [4.69, 9.17) is 15.9 Å². The van der Waals surface area contributed by atoms with Crippen LogP contribution in [0.15, 0.2) is 0 Å². The maximum Gasteiger partial charge on any atom is 0.326 e. The van der Waals surface area contributed by atoms with Gasteiger partial charge in [-0.1, -0.05) is 12.8 Å². The molecule has 0 saturated carbocycles. The first-order valence-corrected chi connectivity index (χ1v) is 6.85. The first-order valence-electron chi connectivity index (χ1n) is 6.85. The zero-order valence-electron chi connectivity index (χ0n) is 11.8. The molecule has 0 fully saturated rings. The number of carboxylic acid groups (broad SMARTS) is 2. The molecule has 0 radical (unpaired) electrons. The number of aliphatic carboxylic acids is 2. The van der Waals surface area contributed by atoms with Crippen molar-refractivity contribution in [1.82, 2.24) is 5.32 Å². The van der Waals surface area contributed by atoms with E-state index in [1.54, 1.807) is 0 Å². The molecule has 5 N–H and O–H groups in total. The van der Waals surface area contributed by atoms with Gasteiger partial charge in [0.2, 0.25) is 11.8 Å². The lowest BCUT2D eigenvalue weighted by Gasteiger charge is -2.13. The quantitative estimate of drug-likeness (QED) is 0.380. The minimum Gasteiger partial charge on any atom is -0.481 e. The summed E-state index contributed by atoms with van der Waals surface area (Å²) >= 11 is 0. The largest absolute Gasteiger partial charge is 0.481 e. The smallest absolute Gasteiger partial charge is 0.326 e. The van der Waals surface area contributed by atoms with Crippen LogP contribution in [0, 0.1) is 0 Å². The van der Waals surface area contributed by atoms with Gasteiger partial charge in [-0.25, -0.2) is 4.79 Å². The second-order valence-electron chi connectivity index (χ2n) is 4.77. The van der Waals surface area contributed by atoms with E-state index in [-0.39, 0.29) is 25.7 Å². The maximum atomic E-state index is 11.6. The highest BCUT2D eigenvalue weighted by Crippen LogP contribution is 2.06. The van der Waals surface area contributed by atoms with Gasteiger partial charge in [0.15, 0.2) is 0 Å². The van der Waals surface area contributed by atoms with E-state index in [1.807, 2.05) is 0 Å². The van der Waals surface area contributed by atoms with Crippen molar-refractivity contribution < 1.29 is 29.4 Å². The topological polar surface area (TPSA) is 147 Å². The van der Waals surface area contributed by atoms with Gasteiger partial charge in [0.05, 0.1) is 0 Å². The van der Waals surface area contributed by atoms with E-state index in [9.17, 15) is 19.2 Å². The lowest BCUT2D eigenvalue weighted by molar-refractivity contribution is -0.142. The Labute approximate surface area is 122 Å². The molecule has 0 aliphatic carbocycles. The van der Waals surface area contributed by atoms with Crippen LogP contribution in [-0.2, 0) is 19.2 Å². The van der Waals surface area contributed by atoms with Crippen molar-refractivity contribution in [2.24, 2.45) is 5.73 Å². The Hall–Kier alpha value is -2.12. The molecular formula is C13H22N2O6. The van der Waals surface area contributed by atoms with Crippen LogP contribution in [0.2, 0.25) is 0 Å². The lowest BCUT2D eigenvalue weighted by Crippen LogP contribution is -2.41. The third-order valence-electron chi connectivity index (χ3n) is 2.86. The van der Waals surface area contributed by atoms with Gasteiger partial charge in [-0.15, -0.1) is 0 Å². The molecule has 8 heteroatoms. The van der Waals surface area contributed by atoms with E-state index >= 15 is 0 Å². The molecule has 0 aliphatic heterocycles. The number of primary amides is 1. The molecule has 21 heavy (non-hydrogen) atoms. The van der Waals surface area contributed by atoms with Crippen molar-refractivity contribution >= 4 is 23.8 Å². The Morgan fingerprint density at radius 1 is 0.905 bits per heavy atom. The van der Waals surface area contributed by atoms with Crippen LogP contribution in [0.1, 0.15) is 51.4 Å². The van der Waals surface area contributed by atoms with Crippen molar-refractivity contribution in [3.63, 3.8) is 0 Å². The third kappa shape index (κ3) is 11.4. The minimum absolute atomic E-state index is 0.0327. The average molecular weight is 302 g/mol. The number of hydrogen-bond acceptors (Lipinski definition) is 4. The molecule has 0 aliphatic rings. The Bertz CT molecular complexity index is 383. The summed E-state index contributed by atoms with van der Waals surface area (Å²) in [6.45, 7) is 0. The molecule has 0 saturated heterocycles. The van der Waals surface area contributed by atoms with Crippen LogP contribution in [-0.4, -0.2) is 40.0 Å². The van der Waals surface area contributed by atoms with E-state index in [0.29, 0.717) is 25.7 Å². The average Bonchev–Trinajstić information content (AvgIpc) is 2.37. The summed E-state index contributed by atoms with van der Waals surface area (Å²) in [5.74, 6) is -3.06. The van der Waals surface area contributed by atoms with Gasteiger partial charge in [-0.2, -0.15) is 0 Å². The molecule has 1 atom stereocenters. The Morgan fingerprint density at radius 3 is 1.95 bits per heavy atom. The summed E-state index contributed by atoms with van der Waals surface area (Å²) in [7, 11) is 0. The molecule has 2 amide bonds. The molecule has 120 valence electrons. The number of nitrogens with two attached hydrogens (primary N) is 1. The number of carboxylic acids is 2. The number of rotatable bonds is 12. The number of amides is 2. The number of hydrogen-bond donors (Lipinski definition) is 4. The summed E-state index contributed by atoms with van der Waals surface area (Å²) in [5.41, 5.74) is 4.93. The third-order valence-corrected chi connectivity index (χ3v) is 2.86. The van der Waals surface area contributed by atoms with Gasteiger partial charge >= 0.3 is 11.9 Å². The molecule has 0 rings (SSSR count). The van der Waals surface area contributed by atoms with Crippen molar-refractivity contribution in [2.45, 2.75) is 57.4 Å². The summed E-state index contributed by atoms with van der Waals surface area (Å²) < 4.78 is 0. The fraction of sp³-hybridized carbons (Fsp3) is 0.692. The van der Waals surface area contributed by atoms with Gasteiger partial charge in [0.1, 0.15) is 6.04 Å².